The number of hydrogen-bond acceptors (Lipinski definition) is 3. The van der Waals surface area contributed by atoms with Crippen molar-refractivity contribution in [3.63, 3.8) is 0 Å². The number of amides is 1. The zero-order valence-corrected chi connectivity index (χ0v) is 13.2. The SMILES string of the molecule is Cc1ccc(NC(=O)[C@@H]2CC(=O)O[C@@H]2c2ccccc2)c(C)c1. The minimum atomic E-state index is -0.519. The molecule has 118 valence electrons. The quantitative estimate of drug-likeness (QED) is 0.882. The molecule has 4 nitrogen and oxygen atoms in total. The van der Waals surface area contributed by atoms with E-state index in [2.05, 4.69) is 5.32 Å². The van der Waals surface area contributed by atoms with Crippen molar-refractivity contribution in [1.29, 1.82) is 0 Å². The molecular weight excluding hydrogens is 290 g/mol. The van der Waals surface area contributed by atoms with Crippen LogP contribution in [0.2, 0.25) is 0 Å². The van der Waals surface area contributed by atoms with Gasteiger partial charge in [0.15, 0.2) is 0 Å². The van der Waals surface area contributed by atoms with Gasteiger partial charge in [-0.3, -0.25) is 9.59 Å². The second-order valence-corrected chi connectivity index (χ2v) is 5.94. The van der Waals surface area contributed by atoms with Gasteiger partial charge in [-0.25, -0.2) is 0 Å². The van der Waals surface area contributed by atoms with E-state index in [1.807, 2.05) is 62.4 Å². The van der Waals surface area contributed by atoms with E-state index in [0.29, 0.717) is 0 Å². The fourth-order valence-electron chi connectivity index (χ4n) is 2.91. The summed E-state index contributed by atoms with van der Waals surface area (Å²) in [6.07, 6.45) is -0.412. The van der Waals surface area contributed by atoms with Crippen molar-refractivity contribution in [2.75, 3.05) is 5.32 Å². The highest BCUT2D eigenvalue weighted by Gasteiger charge is 2.40. The van der Waals surface area contributed by atoms with Crippen molar-refractivity contribution in [3.05, 3.63) is 65.2 Å². The maximum absolute atomic E-state index is 12.6. The van der Waals surface area contributed by atoms with Gasteiger partial charge in [-0.2, -0.15) is 0 Å². The van der Waals surface area contributed by atoms with Gasteiger partial charge in [0.1, 0.15) is 6.10 Å². The van der Waals surface area contributed by atoms with Crippen LogP contribution in [0.4, 0.5) is 5.69 Å². The number of anilines is 1. The highest BCUT2D eigenvalue weighted by molar-refractivity contribution is 5.97. The molecule has 2 aromatic carbocycles. The van der Waals surface area contributed by atoms with Gasteiger partial charge in [-0.05, 0) is 31.0 Å². The Morgan fingerprint density at radius 2 is 1.87 bits per heavy atom. The Balaban J connectivity index is 1.81. The van der Waals surface area contributed by atoms with Gasteiger partial charge in [0.2, 0.25) is 5.91 Å². The lowest BCUT2D eigenvalue weighted by Gasteiger charge is -2.18. The van der Waals surface area contributed by atoms with Gasteiger partial charge in [-0.15, -0.1) is 0 Å². The molecule has 1 saturated heterocycles. The fourth-order valence-corrected chi connectivity index (χ4v) is 2.91. The van der Waals surface area contributed by atoms with Crippen molar-refractivity contribution < 1.29 is 14.3 Å². The van der Waals surface area contributed by atoms with Gasteiger partial charge in [0.05, 0.1) is 12.3 Å². The largest absolute Gasteiger partial charge is 0.457 e. The first kappa shape index (κ1) is 15.3. The summed E-state index contributed by atoms with van der Waals surface area (Å²) in [7, 11) is 0. The summed E-state index contributed by atoms with van der Waals surface area (Å²) >= 11 is 0. The molecule has 1 fully saturated rings. The van der Waals surface area contributed by atoms with Crippen LogP contribution >= 0.6 is 0 Å². The van der Waals surface area contributed by atoms with Gasteiger partial charge in [0.25, 0.3) is 0 Å². The summed E-state index contributed by atoms with van der Waals surface area (Å²) in [5.74, 6) is -1.03. The molecule has 4 heteroatoms. The molecule has 2 aromatic rings. The number of nitrogens with one attached hydrogen (secondary N) is 1. The number of hydrogen-bond donors (Lipinski definition) is 1. The van der Waals surface area contributed by atoms with Gasteiger partial charge >= 0.3 is 5.97 Å². The molecule has 3 rings (SSSR count). The number of benzene rings is 2. The number of rotatable bonds is 3. The van der Waals surface area contributed by atoms with Gasteiger partial charge < -0.3 is 10.1 Å². The summed E-state index contributed by atoms with van der Waals surface area (Å²) in [6, 6.07) is 15.2. The number of aryl methyl sites for hydroxylation is 2. The van der Waals surface area contributed by atoms with E-state index in [9.17, 15) is 9.59 Å². The predicted molar refractivity (Wildman–Crippen MR) is 87.9 cm³/mol. The molecule has 0 aromatic heterocycles. The first-order valence-electron chi connectivity index (χ1n) is 7.67. The molecule has 1 N–H and O–H groups in total. The van der Waals surface area contributed by atoms with Crippen LogP contribution in [-0.4, -0.2) is 11.9 Å². The van der Waals surface area contributed by atoms with Gasteiger partial charge in [0, 0.05) is 5.69 Å². The standard InChI is InChI=1S/C19H19NO3/c1-12-8-9-16(13(2)10-12)20-19(22)15-11-17(21)23-18(15)14-6-4-3-5-7-14/h3-10,15,18H,11H2,1-2H3,(H,20,22)/t15-,18-/m1/s1. The minimum Gasteiger partial charge on any atom is -0.457 e. The average Bonchev–Trinajstić information content (AvgIpc) is 2.93. The van der Waals surface area contributed by atoms with Crippen LogP contribution < -0.4 is 5.32 Å². The minimum absolute atomic E-state index is 0.107. The monoisotopic (exact) mass is 309 g/mol. The van der Waals surface area contributed by atoms with Crippen LogP contribution in [0.15, 0.2) is 48.5 Å². The number of cyclic esters (lactones) is 1. The van der Waals surface area contributed by atoms with Crippen LogP contribution in [0.25, 0.3) is 0 Å². The zero-order chi connectivity index (χ0) is 16.4. The Labute approximate surface area is 135 Å². The van der Waals surface area contributed by atoms with Crippen molar-refractivity contribution in [1.82, 2.24) is 0 Å². The Hall–Kier alpha value is -2.62. The Bertz CT molecular complexity index is 740. The maximum Gasteiger partial charge on any atom is 0.307 e. The molecule has 0 spiro atoms. The summed E-state index contributed by atoms with van der Waals surface area (Å²) in [5, 5.41) is 2.93. The lowest BCUT2D eigenvalue weighted by atomic mass is 9.94. The van der Waals surface area contributed by atoms with Crippen molar-refractivity contribution in [2.45, 2.75) is 26.4 Å². The molecule has 0 unspecified atom stereocenters. The third-order valence-corrected chi connectivity index (χ3v) is 4.12. The molecule has 0 bridgehead atoms. The summed E-state index contributed by atoms with van der Waals surface area (Å²) < 4.78 is 5.37. The highest BCUT2D eigenvalue weighted by Crippen LogP contribution is 2.36. The molecule has 1 aliphatic heterocycles. The van der Waals surface area contributed by atoms with E-state index in [0.717, 1.165) is 22.4 Å². The van der Waals surface area contributed by atoms with Crippen LogP contribution in [0.1, 0.15) is 29.2 Å². The van der Waals surface area contributed by atoms with Crippen molar-refractivity contribution >= 4 is 17.6 Å². The second kappa shape index (κ2) is 6.24. The smallest absolute Gasteiger partial charge is 0.307 e. The normalized spacial score (nSPS) is 20.2. The summed E-state index contributed by atoms with van der Waals surface area (Å²) in [5.41, 5.74) is 3.76. The predicted octanol–water partition coefficient (Wildman–Crippen LogP) is 3.55. The molecule has 0 aliphatic carbocycles. The molecule has 0 saturated carbocycles. The van der Waals surface area contributed by atoms with Crippen LogP contribution in [0.5, 0.6) is 0 Å². The number of carbonyl (C=O) groups is 2. The van der Waals surface area contributed by atoms with Crippen molar-refractivity contribution in [3.8, 4) is 0 Å². The van der Waals surface area contributed by atoms with E-state index in [-0.39, 0.29) is 18.3 Å². The number of esters is 1. The van der Waals surface area contributed by atoms with E-state index in [1.165, 1.54) is 0 Å². The Morgan fingerprint density at radius 3 is 2.57 bits per heavy atom. The maximum atomic E-state index is 12.6. The fraction of sp³-hybridized carbons (Fsp3) is 0.263. The third-order valence-electron chi connectivity index (χ3n) is 4.12. The lowest BCUT2D eigenvalue weighted by molar-refractivity contribution is -0.141. The summed E-state index contributed by atoms with van der Waals surface area (Å²) in [4.78, 5) is 24.3. The first-order valence-corrected chi connectivity index (χ1v) is 7.67. The van der Waals surface area contributed by atoms with Crippen LogP contribution in [0.3, 0.4) is 0 Å². The van der Waals surface area contributed by atoms with E-state index < -0.39 is 12.0 Å². The Morgan fingerprint density at radius 1 is 1.13 bits per heavy atom. The topological polar surface area (TPSA) is 55.4 Å². The molecule has 1 amide bonds. The second-order valence-electron chi connectivity index (χ2n) is 5.94. The lowest BCUT2D eigenvalue weighted by Crippen LogP contribution is -2.25. The molecular formula is C19H19NO3. The van der Waals surface area contributed by atoms with E-state index in [4.69, 9.17) is 4.74 Å². The average molecular weight is 309 g/mol. The molecule has 2 atom stereocenters. The van der Waals surface area contributed by atoms with Crippen LogP contribution in [-0.2, 0) is 14.3 Å². The molecule has 1 heterocycles. The van der Waals surface area contributed by atoms with E-state index >= 15 is 0 Å². The molecule has 1 aliphatic rings. The number of carbonyl (C=O) groups excluding carboxylic acids is 2. The molecule has 0 radical (unpaired) electrons. The van der Waals surface area contributed by atoms with Gasteiger partial charge in [-0.1, -0.05) is 48.0 Å². The highest BCUT2D eigenvalue weighted by atomic mass is 16.6. The van der Waals surface area contributed by atoms with Crippen molar-refractivity contribution in [2.24, 2.45) is 5.92 Å². The van der Waals surface area contributed by atoms with Crippen LogP contribution in [0, 0.1) is 19.8 Å². The Kier molecular flexibility index (Phi) is 4.15. The molecule has 23 heavy (non-hydrogen) atoms. The first-order chi connectivity index (χ1) is 11.0. The third kappa shape index (κ3) is 3.26. The summed E-state index contributed by atoms with van der Waals surface area (Å²) in [6.45, 7) is 3.96. The van der Waals surface area contributed by atoms with E-state index in [1.54, 1.807) is 0 Å². The number of ether oxygens (including phenoxy) is 1. The zero-order valence-electron chi connectivity index (χ0n) is 13.2.